The van der Waals surface area contributed by atoms with Gasteiger partial charge in [0.1, 0.15) is 0 Å². The summed E-state index contributed by atoms with van der Waals surface area (Å²) in [4.78, 5) is 29.8. The quantitative estimate of drug-likeness (QED) is 0.900. The fraction of sp³-hybridized carbons (Fsp3) is 0.421. The third kappa shape index (κ3) is 4.07. The molecule has 132 valence electrons. The maximum atomic E-state index is 13.0. The number of carbonyl (C=O) groups is 2. The lowest BCUT2D eigenvalue weighted by molar-refractivity contribution is -0.137. The van der Waals surface area contributed by atoms with Crippen molar-refractivity contribution in [3.8, 4) is 11.3 Å². The molecule has 1 aliphatic heterocycles. The third-order valence-electron chi connectivity index (χ3n) is 4.55. The number of rotatable bonds is 5. The molecule has 2 aromatic rings. The van der Waals surface area contributed by atoms with Crippen molar-refractivity contribution >= 4 is 11.9 Å². The van der Waals surface area contributed by atoms with E-state index in [1.807, 2.05) is 30.3 Å². The number of hydrogen-bond donors (Lipinski definition) is 1. The van der Waals surface area contributed by atoms with Gasteiger partial charge in [0.2, 0.25) is 0 Å². The molecule has 1 atom stereocenters. The van der Waals surface area contributed by atoms with Crippen LogP contribution in [0.1, 0.15) is 42.1 Å². The van der Waals surface area contributed by atoms with Crippen LogP contribution in [0, 0.1) is 12.8 Å². The Balaban J connectivity index is 1.78. The van der Waals surface area contributed by atoms with Gasteiger partial charge in [-0.25, -0.2) is 4.98 Å². The molecule has 1 amide bonds. The highest BCUT2D eigenvalue weighted by Gasteiger charge is 2.29. The number of benzene rings is 1. The average molecular weight is 342 g/mol. The van der Waals surface area contributed by atoms with Crippen molar-refractivity contribution in [1.29, 1.82) is 0 Å². The summed E-state index contributed by atoms with van der Waals surface area (Å²) in [5, 5.41) is 8.86. The number of carboxylic acids is 1. The molecule has 1 aromatic heterocycles. The number of likely N-dealkylation sites (tertiary alicyclic amines) is 1. The van der Waals surface area contributed by atoms with Gasteiger partial charge in [0.15, 0.2) is 17.3 Å². The molecular weight excluding hydrogens is 320 g/mol. The summed E-state index contributed by atoms with van der Waals surface area (Å²) in [6, 6.07) is 9.48. The second-order valence-corrected chi connectivity index (χ2v) is 6.47. The van der Waals surface area contributed by atoms with Gasteiger partial charge in [-0.05, 0) is 25.2 Å². The molecule has 1 aromatic carbocycles. The highest BCUT2D eigenvalue weighted by Crippen LogP contribution is 2.28. The van der Waals surface area contributed by atoms with E-state index in [9.17, 15) is 9.59 Å². The van der Waals surface area contributed by atoms with Crippen molar-refractivity contribution in [1.82, 2.24) is 9.88 Å². The van der Waals surface area contributed by atoms with Crippen LogP contribution < -0.4 is 0 Å². The molecule has 6 heteroatoms. The lowest BCUT2D eigenvalue weighted by Crippen LogP contribution is -2.40. The van der Waals surface area contributed by atoms with E-state index in [1.54, 1.807) is 11.8 Å². The number of piperidine rings is 1. The molecule has 0 bridgehead atoms. The van der Waals surface area contributed by atoms with E-state index in [4.69, 9.17) is 9.52 Å². The second-order valence-electron chi connectivity index (χ2n) is 6.47. The fourth-order valence-corrected chi connectivity index (χ4v) is 3.32. The van der Waals surface area contributed by atoms with Crippen LogP contribution in [0.5, 0.6) is 0 Å². The van der Waals surface area contributed by atoms with Crippen LogP contribution in [-0.2, 0) is 4.79 Å². The molecule has 1 aliphatic rings. The number of carboxylic acid groups (broad SMARTS) is 1. The normalized spacial score (nSPS) is 17.5. The summed E-state index contributed by atoms with van der Waals surface area (Å²) in [6.07, 6.45) is 2.58. The summed E-state index contributed by atoms with van der Waals surface area (Å²) >= 11 is 0. The molecule has 1 N–H and O–H groups in total. The lowest BCUT2D eigenvalue weighted by atomic mass is 9.93. The number of hydrogen-bond acceptors (Lipinski definition) is 4. The first kappa shape index (κ1) is 17.2. The summed E-state index contributed by atoms with van der Waals surface area (Å²) in [6.45, 7) is 2.98. The molecule has 1 unspecified atom stereocenters. The lowest BCUT2D eigenvalue weighted by Gasteiger charge is -2.32. The Bertz CT molecular complexity index is 754. The zero-order chi connectivity index (χ0) is 17.8. The Hall–Kier alpha value is -2.63. The molecule has 3 rings (SSSR count). The van der Waals surface area contributed by atoms with E-state index in [2.05, 4.69) is 4.98 Å². The standard InChI is InChI=1S/C19H22N2O4/c1-13-20-17(18(25-13)15-7-3-2-4-8-15)19(24)21-11-5-6-14(12-21)9-10-16(22)23/h2-4,7-8,14H,5-6,9-12H2,1H3,(H,22,23). The molecule has 2 heterocycles. The van der Waals surface area contributed by atoms with Crippen LogP contribution in [0.3, 0.4) is 0 Å². The maximum Gasteiger partial charge on any atom is 0.303 e. The van der Waals surface area contributed by atoms with Gasteiger partial charge in [0.05, 0.1) is 0 Å². The Morgan fingerprint density at radius 1 is 1.32 bits per heavy atom. The van der Waals surface area contributed by atoms with Crippen LogP contribution in [-0.4, -0.2) is 40.0 Å². The Morgan fingerprint density at radius 2 is 2.08 bits per heavy atom. The molecule has 0 saturated carbocycles. The summed E-state index contributed by atoms with van der Waals surface area (Å²) in [7, 11) is 0. The molecule has 1 fully saturated rings. The monoisotopic (exact) mass is 342 g/mol. The number of amides is 1. The van der Waals surface area contributed by atoms with Crippen LogP contribution in [0.15, 0.2) is 34.7 Å². The number of aryl methyl sites for hydroxylation is 1. The van der Waals surface area contributed by atoms with E-state index in [-0.39, 0.29) is 18.2 Å². The number of aromatic nitrogens is 1. The van der Waals surface area contributed by atoms with E-state index in [1.165, 1.54) is 0 Å². The van der Waals surface area contributed by atoms with Crippen LogP contribution in [0.4, 0.5) is 0 Å². The fourth-order valence-electron chi connectivity index (χ4n) is 3.32. The van der Waals surface area contributed by atoms with Gasteiger partial charge in [0.25, 0.3) is 5.91 Å². The molecule has 0 radical (unpaired) electrons. The SMILES string of the molecule is Cc1nc(C(=O)N2CCCC(CCC(=O)O)C2)c(-c2ccccc2)o1. The van der Waals surface area contributed by atoms with Gasteiger partial charge >= 0.3 is 5.97 Å². The Kier molecular flexibility index (Phi) is 5.16. The average Bonchev–Trinajstić information content (AvgIpc) is 3.02. The van der Waals surface area contributed by atoms with Crippen LogP contribution in [0.2, 0.25) is 0 Å². The van der Waals surface area contributed by atoms with Crippen LogP contribution >= 0.6 is 0 Å². The first-order chi connectivity index (χ1) is 12.0. The molecule has 1 saturated heterocycles. The smallest absolute Gasteiger partial charge is 0.303 e. The summed E-state index contributed by atoms with van der Waals surface area (Å²) < 4.78 is 5.68. The van der Waals surface area contributed by atoms with Crippen molar-refractivity contribution in [2.45, 2.75) is 32.6 Å². The zero-order valence-electron chi connectivity index (χ0n) is 14.3. The number of nitrogens with zero attached hydrogens (tertiary/aromatic N) is 2. The minimum atomic E-state index is -0.790. The zero-order valence-corrected chi connectivity index (χ0v) is 14.3. The number of carbonyl (C=O) groups excluding carboxylic acids is 1. The second kappa shape index (κ2) is 7.51. The Morgan fingerprint density at radius 3 is 2.80 bits per heavy atom. The van der Waals surface area contributed by atoms with Gasteiger partial charge in [-0.1, -0.05) is 30.3 Å². The van der Waals surface area contributed by atoms with E-state index >= 15 is 0 Å². The highest BCUT2D eigenvalue weighted by atomic mass is 16.4. The van der Waals surface area contributed by atoms with Gasteiger partial charge in [-0.15, -0.1) is 0 Å². The predicted molar refractivity (Wildman–Crippen MR) is 92.2 cm³/mol. The van der Waals surface area contributed by atoms with Crippen molar-refractivity contribution in [2.24, 2.45) is 5.92 Å². The van der Waals surface area contributed by atoms with E-state index < -0.39 is 5.97 Å². The third-order valence-corrected chi connectivity index (χ3v) is 4.55. The number of oxazole rings is 1. The molecule has 6 nitrogen and oxygen atoms in total. The topological polar surface area (TPSA) is 83.6 Å². The minimum absolute atomic E-state index is 0.143. The van der Waals surface area contributed by atoms with Gasteiger partial charge in [-0.3, -0.25) is 9.59 Å². The first-order valence-electron chi connectivity index (χ1n) is 8.58. The van der Waals surface area contributed by atoms with Gasteiger partial charge in [0, 0.05) is 32.0 Å². The van der Waals surface area contributed by atoms with Crippen molar-refractivity contribution in [3.63, 3.8) is 0 Å². The predicted octanol–water partition coefficient (Wildman–Crippen LogP) is 3.37. The van der Waals surface area contributed by atoms with E-state index in [0.29, 0.717) is 36.9 Å². The van der Waals surface area contributed by atoms with Crippen molar-refractivity contribution < 1.29 is 19.1 Å². The highest BCUT2D eigenvalue weighted by molar-refractivity contribution is 5.97. The summed E-state index contributed by atoms with van der Waals surface area (Å²) in [5.74, 6) is 0.247. The molecule has 25 heavy (non-hydrogen) atoms. The van der Waals surface area contributed by atoms with Gasteiger partial charge < -0.3 is 14.4 Å². The van der Waals surface area contributed by atoms with E-state index in [0.717, 1.165) is 18.4 Å². The molecule has 0 aliphatic carbocycles. The Labute approximate surface area is 146 Å². The van der Waals surface area contributed by atoms with Crippen LogP contribution in [0.25, 0.3) is 11.3 Å². The number of aliphatic carboxylic acids is 1. The van der Waals surface area contributed by atoms with Crippen molar-refractivity contribution in [3.05, 3.63) is 41.9 Å². The molecular formula is C19H22N2O4. The summed E-state index contributed by atoms with van der Waals surface area (Å²) in [5.41, 5.74) is 1.16. The van der Waals surface area contributed by atoms with Gasteiger partial charge in [-0.2, -0.15) is 0 Å². The largest absolute Gasteiger partial charge is 0.481 e. The maximum absolute atomic E-state index is 13.0. The van der Waals surface area contributed by atoms with Crippen molar-refractivity contribution in [2.75, 3.05) is 13.1 Å². The first-order valence-corrected chi connectivity index (χ1v) is 8.58. The minimum Gasteiger partial charge on any atom is -0.481 e. The molecule has 0 spiro atoms.